The molecule has 9 N–H and O–H groups in total. The summed E-state index contributed by atoms with van der Waals surface area (Å²) >= 11 is 0. The van der Waals surface area contributed by atoms with Crippen LogP contribution in [0.1, 0.15) is 113 Å². The molecule has 9 unspecified atom stereocenters. The van der Waals surface area contributed by atoms with Gasteiger partial charge in [-0.1, -0.05) is 103 Å². The van der Waals surface area contributed by atoms with Crippen LogP contribution in [0.3, 0.4) is 0 Å². The number of hydrogen-bond acceptors (Lipinski definition) is 12. The van der Waals surface area contributed by atoms with E-state index >= 15 is 0 Å². The molecule has 0 spiro atoms. The smallest absolute Gasteiger partial charge is 0.408 e. The van der Waals surface area contributed by atoms with Crippen LogP contribution in [0, 0.1) is 29.6 Å². The summed E-state index contributed by atoms with van der Waals surface area (Å²) in [7, 11) is 4.75. The highest BCUT2D eigenvalue weighted by Gasteiger charge is 2.43. The minimum atomic E-state index is -1.52. The fourth-order valence-electron chi connectivity index (χ4n) is 9.25. The molecule has 19 heteroatoms. The van der Waals surface area contributed by atoms with Crippen molar-refractivity contribution in [3.63, 3.8) is 0 Å². The van der Waals surface area contributed by atoms with E-state index < -0.39 is 77.6 Å². The molecule has 2 aliphatic rings. The van der Waals surface area contributed by atoms with Gasteiger partial charge in [-0.3, -0.25) is 28.8 Å². The van der Waals surface area contributed by atoms with Gasteiger partial charge >= 0.3 is 6.09 Å². The van der Waals surface area contributed by atoms with E-state index in [2.05, 4.69) is 38.7 Å². The second-order valence-electron chi connectivity index (χ2n) is 21.0. The molecule has 0 saturated carbocycles. The van der Waals surface area contributed by atoms with Crippen molar-refractivity contribution in [2.45, 2.75) is 162 Å². The van der Waals surface area contributed by atoms with E-state index in [1.807, 2.05) is 72.8 Å². The Morgan fingerprint density at radius 2 is 1.51 bits per heavy atom. The number of benzene rings is 1. The number of amides is 7. The van der Waals surface area contributed by atoms with E-state index in [9.17, 15) is 33.6 Å². The second-order valence-corrected chi connectivity index (χ2v) is 21.0. The second kappa shape index (κ2) is 30.7. The van der Waals surface area contributed by atoms with Crippen LogP contribution in [0.15, 0.2) is 60.7 Å². The lowest BCUT2D eigenvalue weighted by molar-refractivity contribution is -0.148. The van der Waals surface area contributed by atoms with Crippen LogP contribution in [0.5, 0.6) is 0 Å². The van der Waals surface area contributed by atoms with Gasteiger partial charge in [0.15, 0.2) is 0 Å². The van der Waals surface area contributed by atoms with E-state index in [1.54, 1.807) is 48.2 Å². The minimum Gasteiger partial charge on any atom is -0.445 e. The number of methoxy groups -OCH3 is 2. The van der Waals surface area contributed by atoms with Gasteiger partial charge in [0.1, 0.15) is 24.2 Å². The first-order chi connectivity index (χ1) is 35.0. The molecule has 1 fully saturated rings. The highest BCUT2D eigenvalue weighted by atomic mass is 16.5. The van der Waals surface area contributed by atoms with Crippen molar-refractivity contribution in [1.82, 2.24) is 31.1 Å². The number of likely N-dealkylation sites (tertiary alicyclic amines) is 1. The van der Waals surface area contributed by atoms with E-state index in [4.69, 9.17) is 25.7 Å². The summed E-state index contributed by atoms with van der Waals surface area (Å²) in [6.07, 6.45) is 13.7. The molecule has 0 radical (unpaired) electrons. The van der Waals surface area contributed by atoms with Gasteiger partial charge in [0.25, 0.3) is 0 Å². The molecule has 1 aliphatic carbocycles. The molecule has 1 aromatic carbocycles. The van der Waals surface area contributed by atoms with E-state index in [0.29, 0.717) is 56.6 Å². The number of likely N-dealkylation sites (N-methyl/N-ethyl adjacent to an activating group) is 1. The van der Waals surface area contributed by atoms with Gasteiger partial charge in [-0.15, -0.1) is 0 Å². The highest BCUT2D eigenvalue weighted by molar-refractivity contribution is 5.98. The van der Waals surface area contributed by atoms with Crippen LogP contribution in [0.2, 0.25) is 0 Å². The quantitative estimate of drug-likeness (QED) is 0.0576. The average Bonchev–Trinajstić information content (AvgIpc) is 3.70. The van der Waals surface area contributed by atoms with Gasteiger partial charge in [0.2, 0.25) is 35.4 Å². The number of carbonyl (C=O) groups is 7. The number of carbonyl (C=O) groups excluding carboxylic acids is 7. The van der Waals surface area contributed by atoms with Crippen molar-refractivity contribution in [2.75, 3.05) is 46.2 Å². The monoisotopic (exact) mass is 1040 g/mol. The van der Waals surface area contributed by atoms with Crippen LogP contribution in [-0.2, 0) is 49.6 Å². The van der Waals surface area contributed by atoms with Crippen LogP contribution in [0.25, 0.3) is 0 Å². The summed E-state index contributed by atoms with van der Waals surface area (Å²) in [5.74, 6) is -3.09. The summed E-state index contributed by atoms with van der Waals surface area (Å²) < 4.78 is 17.5. The minimum absolute atomic E-state index is 0.0298. The Morgan fingerprint density at radius 1 is 0.865 bits per heavy atom. The Morgan fingerprint density at radius 3 is 2.08 bits per heavy atom. The number of nitrogens with two attached hydrogens (primary N) is 2. The predicted octanol–water partition coefficient (Wildman–Crippen LogP) is 4.70. The summed E-state index contributed by atoms with van der Waals surface area (Å²) in [4.78, 5) is 98.4. The molecule has 7 amide bonds. The molecule has 414 valence electrons. The van der Waals surface area contributed by atoms with Crippen molar-refractivity contribution < 1.29 is 47.8 Å². The largest absolute Gasteiger partial charge is 0.445 e. The van der Waals surface area contributed by atoms with Crippen molar-refractivity contribution in [2.24, 2.45) is 41.1 Å². The van der Waals surface area contributed by atoms with Crippen molar-refractivity contribution in [3.8, 4) is 0 Å². The summed E-state index contributed by atoms with van der Waals surface area (Å²) in [6.45, 7) is 17.3. The van der Waals surface area contributed by atoms with Crippen molar-refractivity contribution in [3.05, 3.63) is 66.3 Å². The fourth-order valence-corrected chi connectivity index (χ4v) is 9.25. The molecule has 9 atom stereocenters. The zero-order valence-electron chi connectivity index (χ0n) is 46.1. The molecule has 1 aromatic rings. The molecule has 0 aromatic heterocycles. The van der Waals surface area contributed by atoms with Crippen molar-refractivity contribution >= 4 is 47.2 Å². The summed E-state index contributed by atoms with van der Waals surface area (Å²) in [5.41, 5.74) is 11.2. The SMILES string of the molecule is CCC(C)C(C(CC(=O)N1CCCC1C(OC)C(C)C(=O)NCCC1C=CC=CC=C1)OC)N(C)C(=O)C(NC(=O)C(C)(C)NC(=O)OCc1ccc(NC(=O)C(CCCN)NC(=O)C(N)C(C)C)cc1)C(C)C. The van der Waals surface area contributed by atoms with Gasteiger partial charge in [0, 0.05) is 40.0 Å². The van der Waals surface area contributed by atoms with Gasteiger partial charge in [0.05, 0.1) is 42.7 Å². The lowest BCUT2D eigenvalue weighted by Crippen LogP contribution is -2.62. The molecular weight excluding hydrogens is 947 g/mol. The third kappa shape index (κ3) is 18.6. The Balaban J connectivity index is 1.63. The summed E-state index contributed by atoms with van der Waals surface area (Å²) in [6, 6.07) is 3.06. The van der Waals surface area contributed by atoms with Crippen LogP contribution in [-0.4, -0.2) is 140 Å². The average molecular weight is 1040 g/mol. The molecule has 1 aliphatic heterocycles. The number of allylic oxidation sites excluding steroid dienone is 6. The highest BCUT2D eigenvalue weighted by Crippen LogP contribution is 2.30. The molecule has 0 bridgehead atoms. The molecular formula is C55H89N9O10. The molecule has 1 heterocycles. The van der Waals surface area contributed by atoms with Crippen molar-refractivity contribution in [1.29, 1.82) is 0 Å². The third-order valence-electron chi connectivity index (χ3n) is 14.2. The normalized spacial score (nSPS) is 18.1. The van der Waals surface area contributed by atoms with Crippen LogP contribution >= 0.6 is 0 Å². The standard InChI is InChI=1S/C55H89N9O10/c1-13-36(6)47(43(72-11)32-44(65)64-31-19-23-42(64)48(73-12)37(7)49(66)58-30-28-38-20-16-14-15-17-21-38)63(10)52(69)46(35(4)5)61-53(70)55(8,9)62-54(71)74-33-39-24-26-40(27-25-39)59-50(67)41(22-18-29-56)60-51(68)45(57)34(2)3/h14-17,20-21,24-27,34-38,41-43,45-48H,13,18-19,22-23,28-33,56-57H2,1-12H3,(H,58,66)(H,59,67)(H,60,68)(H,61,70)(H,62,71). The van der Waals surface area contributed by atoms with Gasteiger partial charge in [-0.2, -0.15) is 0 Å². The predicted molar refractivity (Wildman–Crippen MR) is 287 cm³/mol. The maximum absolute atomic E-state index is 14.5. The van der Waals surface area contributed by atoms with Gasteiger partial charge in [-0.05, 0) is 93.9 Å². The van der Waals surface area contributed by atoms with Crippen LogP contribution < -0.4 is 38.1 Å². The third-order valence-corrected chi connectivity index (χ3v) is 14.2. The lowest BCUT2D eigenvalue weighted by atomic mass is 9.89. The lowest BCUT2D eigenvalue weighted by Gasteiger charge is -2.41. The fraction of sp³-hybridized carbons (Fsp3) is 0.655. The van der Waals surface area contributed by atoms with E-state index in [0.717, 1.165) is 12.8 Å². The topological polar surface area (TPSA) is 266 Å². The Labute approximate surface area is 440 Å². The summed E-state index contributed by atoms with van der Waals surface area (Å²) in [5, 5.41) is 14.1. The first kappa shape index (κ1) is 62.7. The number of hydrogen-bond donors (Lipinski definition) is 7. The Hall–Kier alpha value is -5.63. The maximum Gasteiger partial charge on any atom is 0.408 e. The Kier molecular flexibility index (Phi) is 26.0. The number of alkyl carbamates (subject to hydrolysis) is 1. The van der Waals surface area contributed by atoms with E-state index in [1.165, 1.54) is 21.0 Å². The molecule has 19 nitrogen and oxygen atoms in total. The first-order valence-electron chi connectivity index (χ1n) is 26.3. The first-order valence-corrected chi connectivity index (χ1v) is 26.3. The van der Waals surface area contributed by atoms with E-state index in [-0.39, 0.29) is 54.6 Å². The molecule has 74 heavy (non-hydrogen) atoms. The number of nitrogens with zero attached hydrogens (tertiary/aromatic N) is 2. The molecule has 1 saturated heterocycles. The number of ether oxygens (including phenoxy) is 3. The van der Waals surface area contributed by atoms with Crippen LogP contribution in [0.4, 0.5) is 10.5 Å². The van der Waals surface area contributed by atoms with Gasteiger partial charge < -0.3 is 62.1 Å². The molecule has 3 rings (SSSR count). The van der Waals surface area contributed by atoms with Gasteiger partial charge in [-0.25, -0.2) is 4.79 Å². The number of rotatable bonds is 29. The zero-order chi connectivity index (χ0) is 55.3. The Bertz CT molecular complexity index is 2080. The maximum atomic E-state index is 14.5. The zero-order valence-corrected chi connectivity index (χ0v) is 46.1. The number of anilines is 1. The number of nitrogens with one attached hydrogen (secondary N) is 5.